The molecule has 1 aromatic rings. The number of nitrogens with zero attached hydrogens (tertiary/aromatic N) is 1. The lowest BCUT2D eigenvalue weighted by Crippen LogP contribution is -2.52. The van der Waals surface area contributed by atoms with Crippen molar-refractivity contribution in [2.75, 3.05) is 33.8 Å². The van der Waals surface area contributed by atoms with Crippen LogP contribution in [0.3, 0.4) is 0 Å². The number of hydrogen-bond donors (Lipinski definition) is 1. The number of benzene rings is 1. The van der Waals surface area contributed by atoms with E-state index in [2.05, 4.69) is 5.32 Å². The van der Waals surface area contributed by atoms with Crippen LogP contribution in [0.15, 0.2) is 24.3 Å². The topological polar surface area (TPSA) is 41.6 Å². The molecular weight excluding hydrogens is 271 g/mol. The molecule has 118 valence electrons. The average Bonchev–Trinajstić information content (AvgIpc) is 2.45. The van der Waals surface area contributed by atoms with E-state index < -0.39 is 17.3 Å². The van der Waals surface area contributed by atoms with Crippen LogP contribution >= 0.6 is 0 Å². The van der Waals surface area contributed by atoms with Gasteiger partial charge in [0.05, 0.1) is 6.61 Å². The predicted molar refractivity (Wildman–Crippen MR) is 81.6 cm³/mol. The van der Waals surface area contributed by atoms with Crippen molar-refractivity contribution in [1.29, 1.82) is 0 Å². The molecule has 0 amide bonds. The maximum absolute atomic E-state index is 14.2. The second-order valence-electron chi connectivity index (χ2n) is 5.19. The molecule has 1 rings (SSSR count). The van der Waals surface area contributed by atoms with Gasteiger partial charge in [-0.25, -0.2) is 9.18 Å². The summed E-state index contributed by atoms with van der Waals surface area (Å²) in [6.45, 7) is 5.18. The molecule has 0 bridgehead atoms. The molecule has 0 spiro atoms. The first-order valence-electron chi connectivity index (χ1n) is 7.30. The molecule has 0 heterocycles. The van der Waals surface area contributed by atoms with Gasteiger partial charge in [0, 0.05) is 18.7 Å². The summed E-state index contributed by atoms with van der Waals surface area (Å²) in [5.41, 5.74) is -0.804. The lowest BCUT2D eigenvalue weighted by atomic mass is 9.86. The third-order valence-electron chi connectivity index (χ3n) is 3.47. The molecule has 1 atom stereocenters. The van der Waals surface area contributed by atoms with Crippen LogP contribution in [0.4, 0.5) is 4.39 Å². The Kier molecular flexibility index (Phi) is 6.78. The minimum Gasteiger partial charge on any atom is -0.464 e. The molecule has 4 nitrogen and oxygen atoms in total. The van der Waals surface area contributed by atoms with Crippen LogP contribution in [-0.4, -0.2) is 44.7 Å². The quantitative estimate of drug-likeness (QED) is 0.746. The van der Waals surface area contributed by atoms with Gasteiger partial charge in [-0.05, 0) is 33.5 Å². The molecule has 0 fully saturated rings. The molecule has 5 heteroatoms. The zero-order chi connectivity index (χ0) is 15.9. The zero-order valence-electron chi connectivity index (χ0n) is 13.3. The van der Waals surface area contributed by atoms with Gasteiger partial charge in [0.15, 0.2) is 0 Å². The second-order valence-corrected chi connectivity index (χ2v) is 5.19. The summed E-state index contributed by atoms with van der Waals surface area (Å²) in [6.07, 6.45) is 0.417. The van der Waals surface area contributed by atoms with Gasteiger partial charge in [-0.1, -0.05) is 25.1 Å². The monoisotopic (exact) mass is 296 g/mol. The molecule has 0 aliphatic carbocycles. The highest BCUT2D eigenvalue weighted by atomic mass is 19.1. The third-order valence-corrected chi connectivity index (χ3v) is 3.47. The largest absolute Gasteiger partial charge is 0.464 e. The Morgan fingerprint density at radius 3 is 2.52 bits per heavy atom. The Morgan fingerprint density at radius 1 is 1.33 bits per heavy atom. The van der Waals surface area contributed by atoms with Crippen molar-refractivity contribution in [3.8, 4) is 0 Å². The van der Waals surface area contributed by atoms with Gasteiger partial charge in [-0.15, -0.1) is 0 Å². The van der Waals surface area contributed by atoms with E-state index in [1.54, 1.807) is 25.1 Å². The Hall–Kier alpha value is -1.46. The maximum atomic E-state index is 14.2. The number of carbonyl (C=O) groups excluding carboxylic acids is 1. The number of likely N-dealkylation sites (N-methyl/N-ethyl adjacent to an activating group) is 1. The molecule has 21 heavy (non-hydrogen) atoms. The Labute approximate surface area is 126 Å². The smallest absolute Gasteiger partial charge is 0.331 e. The van der Waals surface area contributed by atoms with E-state index in [1.807, 2.05) is 25.9 Å². The summed E-state index contributed by atoms with van der Waals surface area (Å²) >= 11 is 0. The van der Waals surface area contributed by atoms with Crippen LogP contribution in [0.25, 0.3) is 0 Å². The summed E-state index contributed by atoms with van der Waals surface area (Å²) in [5.74, 6) is -0.832. The molecule has 1 aromatic carbocycles. The lowest BCUT2D eigenvalue weighted by molar-refractivity contribution is -0.152. The Morgan fingerprint density at radius 2 is 2.00 bits per heavy atom. The minimum atomic E-state index is -1.14. The van der Waals surface area contributed by atoms with Crippen LogP contribution in [0.1, 0.15) is 25.8 Å². The van der Waals surface area contributed by atoms with Gasteiger partial charge in [-0.3, -0.25) is 5.32 Å². The molecule has 0 aliphatic heterocycles. The summed E-state index contributed by atoms with van der Waals surface area (Å²) in [6, 6.07) is 6.35. The Bertz CT molecular complexity index is 465. The highest BCUT2D eigenvalue weighted by Gasteiger charge is 2.41. The second kappa shape index (κ2) is 8.10. The van der Waals surface area contributed by atoms with Gasteiger partial charge in [0.1, 0.15) is 11.4 Å². The first kappa shape index (κ1) is 17.6. The van der Waals surface area contributed by atoms with Crippen LogP contribution in [0.5, 0.6) is 0 Å². The van der Waals surface area contributed by atoms with Gasteiger partial charge in [0.2, 0.25) is 0 Å². The molecular formula is C16H25FN2O2. The standard InChI is InChI=1S/C16H25FN2O2/c1-5-16(15(20)21-6-2,18-11-12-19(3)4)13-9-7-8-10-14(13)17/h7-10,18H,5-6,11-12H2,1-4H3. The van der Waals surface area contributed by atoms with Crippen molar-refractivity contribution in [2.45, 2.75) is 25.8 Å². The van der Waals surface area contributed by atoms with E-state index in [0.717, 1.165) is 6.54 Å². The number of esters is 1. The van der Waals surface area contributed by atoms with E-state index in [9.17, 15) is 9.18 Å². The number of hydrogen-bond acceptors (Lipinski definition) is 4. The number of ether oxygens (including phenoxy) is 1. The van der Waals surface area contributed by atoms with E-state index in [0.29, 0.717) is 18.5 Å². The molecule has 0 saturated carbocycles. The third kappa shape index (κ3) is 4.25. The van der Waals surface area contributed by atoms with Crippen molar-refractivity contribution >= 4 is 5.97 Å². The summed E-state index contributed by atoms with van der Waals surface area (Å²) in [4.78, 5) is 14.5. The van der Waals surface area contributed by atoms with E-state index >= 15 is 0 Å². The fourth-order valence-corrected chi connectivity index (χ4v) is 2.29. The van der Waals surface area contributed by atoms with Gasteiger partial charge in [-0.2, -0.15) is 0 Å². The molecule has 0 aromatic heterocycles. The van der Waals surface area contributed by atoms with E-state index in [4.69, 9.17) is 4.74 Å². The average molecular weight is 296 g/mol. The van der Waals surface area contributed by atoms with Crippen LogP contribution in [0, 0.1) is 5.82 Å². The summed E-state index contributed by atoms with van der Waals surface area (Å²) in [5, 5.41) is 3.20. The van der Waals surface area contributed by atoms with Crippen LogP contribution < -0.4 is 5.32 Å². The number of nitrogens with one attached hydrogen (secondary N) is 1. The Balaban J connectivity index is 3.13. The SMILES string of the molecule is CCOC(=O)C(CC)(NCCN(C)C)c1ccccc1F. The van der Waals surface area contributed by atoms with E-state index in [-0.39, 0.29) is 6.61 Å². The summed E-state index contributed by atoms with van der Waals surface area (Å²) in [7, 11) is 3.89. The van der Waals surface area contributed by atoms with Crippen LogP contribution in [0.2, 0.25) is 0 Å². The fourth-order valence-electron chi connectivity index (χ4n) is 2.29. The zero-order valence-corrected chi connectivity index (χ0v) is 13.3. The normalized spacial score (nSPS) is 14.0. The van der Waals surface area contributed by atoms with Gasteiger partial charge >= 0.3 is 5.97 Å². The first-order valence-corrected chi connectivity index (χ1v) is 7.30. The fraction of sp³-hybridized carbons (Fsp3) is 0.562. The van der Waals surface area contributed by atoms with Crippen molar-refractivity contribution in [2.24, 2.45) is 0 Å². The first-order chi connectivity index (χ1) is 9.97. The van der Waals surface area contributed by atoms with Gasteiger partial charge < -0.3 is 9.64 Å². The molecule has 0 radical (unpaired) electrons. The van der Waals surface area contributed by atoms with Crippen LogP contribution in [-0.2, 0) is 15.1 Å². The highest BCUT2D eigenvalue weighted by Crippen LogP contribution is 2.29. The maximum Gasteiger partial charge on any atom is 0.331 e. The molecule has 1 N–H and O–H groups in total. The molecule has 1 unspecified atom stereocenters. The van der Waals surface area contributed by atoms with Gasteiger partial charge in [0.25, 0.3) is 0 Å². The number of halogens is 1. The summed E-state index contributed by atoms with van der Waals surface area (Å²) < 4.78 is 19.4. The van der Waals surface area contributed by atoms with Crippen molar-refractivity contribution in [1.82, 2.24) is 10.2 Å². The predicted octanol–water partition coefficient (Wildman–Crippen LogP) is 2.15. The number of carbonyl (C=O) groups is 1. The van der Waals surface area contributed by atoms with Crippen molar-refractivity contribution in [3.05, 3.63) is 35.6 Å². The van der Waals surface area contributed by atoms with Crippen molar-refractivity contribution < 1.29 is 13.9 Å². The molecule has 0 aliphatic rings. The number of rotatable bonds is 8. The molecule has 0 saturated heterocycles. The van der Waals surface area contributed by atoms with Crippen molar-refractivity contribution in [3.63, 3.8) is 0 Å². The lowest BCUT2D eigenvalue weighted by Gasteiger charge is -2.32. The minimum absolute atomic E-state index is 0.268. The highest BCUT2D eigenvalue weighted by molar-refractivity contribution is 5.82. The van der Waals surface area contributed by atoms with E-state index in [1.165, 1.54) is 6.07 Å².